The molecule has 23 heavy (non-hydrogen) atoms. The Morgan fingerprint density at radius 2 is 1.83 bits per heavy atom. The van der Waals surface area contributed by atoms with E-state index in [1.165, 1.54) is 10.4 Å². The summed E-state index contributed by atoms with van der Waals surface area (Å²) in [5.41, 5.74) is 1.26. The van der Waals surface area contributed by atoms with Gasteiger partial charge in [0.1, 0.15) is 0 Å². The predicted molar refractivity (Wildman–Crippen MR) is 96.5 cm³/mol. The summed E-state index contributed by atoms with van der Waals surface area (Å²) in [7, 11) is 0. The number of thiophene rings is 1. The molecule has 2 rings (SSSR count). The second kappa shape index (κ2) is 9.83. The summed E-state index contributed by atoms with van der Waals surface area (Å²) in [4.78, 5) is 3.60. The molecular formula is C19H27NO2S. The molecule has 1 N–H and O–H groups in total. The van der Waals surface area contributed by atoms with Crippen LogP contribution in [0.5, 0.6) is 0 Å². The molecule has 3 nitrogen and oxygen atoms in total. The van der Waals surface area contributed by atoms with Gasteiger partial charge in [-0.3, -0.25) is 4.90 Å². The van der Waals surface area contributed by atoms with Crippen molar-refractivity contribution in [3.8, 4) is 0 Å². The number of aliphatic hydroxyl groups excluding tert-OH is 1. The lowest BCUT2D eigenvalue weighted by Crippen LogP contribution is -2.34. The fourth-order valence-corrected chi connectivity index (χ4v) is 3.19. The second-order valence-electron chi connectivity index (χ2n) is 6.32. The average molecular weight is 333 g/mol. The Bertz CT molecular complexity index is 528. The molecule has 4 heteroatoms. The molecule has 1 heterocycles. The molecule has 0 radical (unpaired) electrons. The second-order valence-corrected chi connectivity index (χ2v) is 7.35. The monoisotopic (exact) mass is 333 g/mol. The van der Waals surface area contributed by atoms with E-state index in [9.17, 15) is 5.11 Å². The van der Waals surface area contributed by atoms with Crippen LogP contribution in [0.2, 0.25) is 0 Å². The van der Waals surface area contributed by atoms with Crippen LogP contribution in [0, 0.1) is 5.92 Å². The quantitative estimate of drug-likeness (QED) is 0.718. The zero-order valence-corrected chi connectivity index (χ0v) is 14.8. The van der Waals surface area contributed by atoms with Gasteiger partial charge in [0, 0.05) is 31.1 Å². The van der Waals surface area contributed by atoms with Crippen LogP contribution in [-0.2, 0) is 17.8 Å². The molecule has 0 saturated carbocycles. The first-order valence-electron chi connectivity index (χ1n) is 8.18. The van der Waals surface area contributed by atoms with E-state index in [0.29, 0.717) is 25.7 Å². The highest BCUT2D eigenvalue weighted by Crippen LogP contribution is 2.15. The van der Waals surface area contributed by atoms with Gasteiger partial charge in [0.25, 0.3) is 0 Å². The maximum atomic E-state index is 10.3. The minimum absolute atomic E-state index is 0.397. The molecule has 2 aromatic rings. The van der Waals surface area contributed by atoms with Crippen LogP contribution in [0.15, 0.2) is 47.8 Å². The van der Waals surface area contributed by atoms with Crippen LogP contribution in [-0.4, -0.2) is 35.9 Å². The van der Waals surface area contributed by atoms with Gasteiger partial charge in [-0.25, -0.2) is 0 Å². The summed E-state index contributed by atoms with van der Waals surface area (Å²) in [6.07, 6.45) is -0.461. The molecule has 0 spiro atoms. The van der Waals surface area contributed by atoms with Crippen LogP contribution in [0.25, 0.3) is 0 Å². The predicted octanol–water partition coefficient (Wildman–Crippen LogP) is 3.78. The van der Waals surface area contributed by atoms with E-state index in [1.807, 2.05) is 6.07 Å². The summed E-state index contributed by atoms with van der Waals surface area (Å²) in [6.45, 7) is 7.63. The largest absolute Gasteiger partial charge is 0.389 e. The first-order chi connectivity index (χ1) is 11.1. The molecule has 1 aromatic carbocycles. The fraction of sp³-hybridized carbons (Fsp3) is 0.474. The Balaban J connectivity index is 1.90. The average Bonchev–Trinajstić information content (AvgIpc) is 3.00. The topological polar surface area (TPSA) is 32.7 Å². The molecule has 0 aliphatic heterocycles. The van der Waals surface area contributed by atoms with Crippen molar-refractivity contribution in [2.24, 2.45) is 5.92 Å². The van der Waals surface area contributed by atoms with Gasteiger partial charge < -0.3 is 9.84 Å². The molecule has 126 valence electrons. The van der Waals surface area contributed by atoms with Crippen LogP contribution in [0.3, 0.4) is 0 Å². The van der Waals surface area contributed by atoms with Crippen molar-refractivity contribution < 1.29 is 9.84 Å². The highest BCUT2D eigenvalue weighted by molar-refractivity contribution is 7.09. The number of aliphatic hydroxyl groups is 1. The van der Waals surface area contributed by atoms with E-state index in [1.54, 1.807) is 11.3 Å². The summed E-state index contributed by atoms with van der Waals surface area (Å²) in [6, 6.07) is 14.6. The summed E-state index contributed by atoms with van der Waals surface area (Å²) < 4.78 is 5.57. The van der Waals surface area contributed by atoms with Crippen molar-refractivity contribution in [3.05, 3.63) is 58.3 Å². The van der Waals surface area contributed by atoms with Gasteiger partial charge in [-0.1, -0.05) is 50.2 Å². The number of benzene rings is 1. The van der Waals surface area contributed by atoms with Crippen molar-refractivity contribution in [2.45, 2.75) is 33.0 Å². The molecule has 0 bridgehead atoms. The number of rotatable bonds is 10. The highest BCUT2D eigenvalue weighted by Gasteiger charge is 2.14. The minimum Gasteiger partial charge on any atom is -0.389 e. The van der Waals surface area contributed by atoms with E-state index < -0.39 is 6.10 Å². The van der Waals surface area contributed by atoms with Crippen molar-refractivity contribution in [1.29, 1.82) is 0 Å². The molecule has 0 aliphatic carbocycles. The van der Waals surface area contributed by atoms with E-state index in [0.717, 1.165) is 13.1 Å². The first-order valence-corrected chi connectivity index (χ1v) is 9.06. The highest BCUT2D eigenvalue weighted by atomic mass is 32.1. The number of ether oxygens (including phenoxy) is 1. The van der Waals surface area contributed by atoms with Crippen molar-refractivity contribution in [2.75, 3.05) is 19.8 Å². The molecule has 0 unspecified atom stereocenters. The normalized spacial score (nSPS) is 12.9. The van der Waals surface area contributed by atoms with Crippen LogP contribution < -0.4 is 0 Å². The lowest BCUT2D eigenvalue weighted by Gasteiger charge is -2.25. The lowest BCUT2D eigenvalue weighted by molar-refractivity contribution is 0.00570. The third kappa shape index (κ3) is 7.27. The van der Waals surface area contributed by atoms with E-state index in [-0.39, 0.29) is 0 Å². The van der Waals surface area contributed by atoms with Crippen LogP contribution in [0.1, 0.15) is 24.3 Å². The Morgan fingerprint density at radius 1 is 1.04 bits per heavy atom. The van der Waals surface area contributed by atoms with E-state index in [2.05, 4.69) is 60.5 Å². The first kappa shape index (κ1) is 18.1. The number of nitrogens with zero attached hydrogens (tertiary/aromatic N) is 1. The Morgan fingerprint density at radius 3 is 2.48 bits per heavy atom. The summed E-state index contributed by atoms with van der Waals surface area (Å²) in [5.74, 6) is 0.494. The third-order valence-corrected chi connectivity index (χ3v) is 4.30. The SMILES string of the molecule is CC(C)COC[C@@H](O)CN(Cc1ccccc1)Cc1cccs1. The van der Waals surface area contributed by atoms with E-state index >= 15 is 0 Å². The van der Waals surface area contributed by atoms with Gasteiger partial charge in [-0.2, -0.15) is 0 Å². The Hall–Kier alpha value is -1.20. The molecule has 1 aromatic heterocycles. The zero-order valence-electron chi connectivity index (χ0n) is 14.0. The molecule has 0 saturated heterocycles. The summed E-state index contributed by atoms with van der Waals surface area (Å²) in [5, 5.41) is 12.4. The zero-order chi connectivity index (χ0) is 16.5. The van der Waals surface area contributed by atoms with Gasteiger partial charge in [-0.05, 0) is 22.9 Å². The van der Waals surface area contributed by atoms with Gasteiger partial charge in [0.2, 0.25) is 0 Å². The van der Waals surface area contributed by atoms with Gasteiger partial charge in [0.15, 0.2) is 0 Å². The van der Waals surface area contributed by atoms with Gasteiger partial charge >= 0.3 is 0 Å². The Labute approximate surface area is 143 Å². The molecular weight excluding hydrogens is 306 g/mol. The van der Waals surface area contributed by atoms with Gasteiger partial charge in [-0.15, -0.1) is 11.3 Å². The van der Waals surface area contributed by atoms with Crippen molar-refractivity contribution >= 4 is 11.3 Å². The fourth-order valence-electron chi connectivity index (χ4n) is 2.44. The van der Waals surface area contributed by atoms with Crippen molar-refractivity contribution in [3.63, 3.8) is 0 Å². The molecule has 0 aliphatic rings. The van der Waals surface area contributed by atoms with Crippen LogP contribution in [0.4, 0.5) is 0 Å². The number of hydrogen-bond donors (Lipinski definition) is 1. The lowest BCUT2D eigenvalue weighted by atomic mass is 10.2. The maximum Gasteiger partial charge on any atom is 0.0900 e. The summed E-state index contributed by atoms with van der Waals surface area (Å²) >= 11 is 1.76. The maximum absolute atomic E-state index is 10.3. The Kier molecular flexibility index (Phi) is 7.76. The molecule has 1 atom stereocenters. The molecule has 0 amide bonds. The third-order valence-electron chi connectivity index (χ3n) is 3.44. The minimum atomic E-state index is -0.461. The smallest absolute Gasteiger partial charge is 0.0900 e. The molecule has 0 fully saturated rings. The number of hydrogen-bond acceptors (Lipinski definition) is 4. The van der Waals surface area contributed by atoms with E-state index in [4.69, 9.17) is 4.74 Å². The van der Waals surface area contributed by atoms with Crippen LogP contribution >= 0.6 is 11.3 Å². The van der Waals surface area contributed by atoms with Crippen molar-refractivity contribution in [1.82, 2.24) is 4.90 Å². The van der Waals surface area contributed by atoms with Gasteiger partial charge in [0.05, 0.1) is 12.7 Å². The standard InChI is InChI=1S/C19H27NO2S/c1-16(2)14-22-15-18(21)12-20(13-19-9-6-10-23-19)11-17-7-4-3-5-8-17/h3-10,16,18,21H,11-15H2,1-2H3/t18-/m0/s1.